The van der Waals surface area contributed by atoms with E-state index < -0.39 is 11.4 Å². The molecule has 264 valence electrons. The molecule has 5 aliphatic carbocycles. The average molecular weight is 664 g/mol. The number of furan rings is 1. The lowest BCUT2D eigenvalue weighted by molar-refractivity contribution is -0.177. The normalized spacial score (nSPS) is 40.9. The lowest BCUT2D eigenvalue weighted by Crippen LogP contribution is -2.66. The van der Waals surface area contributed by atoms with Gasteiger partial charge in [0.1, 0.15) is 5.76 Å². The number of hydrogen-bond acceptors (Lipinski definition) is 8. The summed E-state index contributed by atoms with van der Waals surface area (Å²) in [7, 11) is 0. The largest absolute Gasteiger partial charge is 0.466 e. The van der Waals surface area contributed by atoms with Crippen LogP contribution in [0.4, 0.5) is 0 Å². The van der Waals surface area contributed by atoms with Gasteiger partial charge in [-0.15, -0.1) is 0 Å². The van der Waals surface area contributed by atoms with Crippen molar-refractivity contribution in [3.63, 3.8) is 0 Å². The van der Waals surface area contributed by atoms with E-state index in [0.29, 0.717) is 12.4 Å². The minimum absolute atomic E-state index is 0.0759. The minimum Gasteiger partial charge on any atom is -0.466 e. The maximum Gasteiger partial charge on any atom is 0.374 e. The van der Waals surface area contributed by atoms with E-state index in [-0.39, 0.29) is 75.6 Å². The van der Waals surface area contributed by atoms with Crippen molar-refractivity contribution in [3.8, 4) is 0 Å². The third-order valence-corrected chi connectivity index (χ3v) is 14.6. The Balaban J connectivity index is 1.26. The number of carbonyl (C=O) groups is 3. The highest BCUT2D eigenvalue weighted by molar-refractivity contribution is 5.97. The molecule has 0 unspecified atom stereocenters. The summed E-state index contributed by atoms with van der Waals surface area (Å²) in [5.74, 6) is 0.781. The minimum atomic E-state index is -0.519. The molecule has 4 fully saturated rings. The first-order chi connectivity index (χ1) is 22.5. The molecule has 6 rings (SSSR count). The topological polar surface area (TPSA) is 104 Å². The van der Waals surface area contributed by atoms with E-state index >= 15 is 0 Å². The molecule has 0 bridgehead atoms. The molecule has 5 aliphatic rings. The Morgan fingerprint density at radius 2 is 1.62 bits per heavy atom. The zero-order valence-corrected chi connectivity index (χ0v) is 30.8. The van der Waals surface area contributed by atoms with Crippen LogP contribution in [0.5, 0.6) is 0 Å². The number of ether oxygens (including phenoxy) is 2. The third kappa shape index (κ3) is 5.12. The maximum absolute atomic E-state index is 14.7. The van der Waals surface area contributed by atoms with Crippen molar-refractivity contribution in [1.29, 1.82) is 0 Å². The molecule has 0 N–H and O–H groups in total. The Kier molecular flexibility index (Phi) is 8.64. The van der Waals surface area contributed by atoms with Crippen LogP contribution < -0.4 is 0 Å². The summed E-state index contributed by atoms with van der Waals surface area (Å²) >= 11 is 0. The molecule has 1 aromatic rings. The first kappa shape index (κ1) is 34.9. The standard InChI is InChI=1S/C40H57NO7/c1-10-45-33(43)29-13-12-25(48-29)24-47-41-31-15-16-38(7)30(35(31,3)4)14-17-40(9)32(38)28(42)22-26-27-23-37(6,34(44)46-11-2)19-18-36(27,5)20-21-39(26,40)8/h12-13,22,27,30,32H,10-11,14-21,23-24H2,1-9H3/b41-31+/t27-,30-,32+,36+,37-,38-,39+,40+/m0/s1. The Labute approximate surface area is 286 Å². The van der Waals surface area contributed by atoms with Crippen molar-refractivity contribution in [2.75, 3.05) is 13.2 Å². The highest BCUT2D eigenvalue weighted by Crippen LogP contribution is 2.75. The van der Waals surface area contributed by atoms with E-state index in [1.54, 1.807) is 19.1 Å². The molecule has 0 aliphatic heterocycles. The quantitative estimate of drug-likeness (QED) is 0.212. The molecule has 0 spiro atoms. The fraction of sp³-hybridized carbons (Fsp3) is 0.750. The monoisotopic (exact) mass is 663 g/mol. The van der Waals surface area contributed by atoms with Crippen molar-refractivity contribution in [1.82, 2.24) is 0 Å². The molecule has 8 nitrogen and oxygen atoms in total. The average Bonchev–Trinajstić information content (AvgIpc) is 3.49. The molecule has 8 heteroatoms. The van der Waals surface area contributed by atoms with Crippen molar-refractivity contribution in [3.05, 3.63) is 35.3 Å². The number of oxime groups is 1. The first-order valence-electron chi connectivity index (χ1n) is 18.4. The van der Waals surface area contributed by atoms with Crippen LogP contribution in [-0.2, 0) is 30.5 Å². The molecular weight excluding hydrogens is 606 g/mol. The fourth-order valence-electron chi connectivity index (χ4n) is 11.6. The van der Waals surface area contributed by atoms with Crippen LogP contribution in [0.1, 0.15) is 136 Å². The number of hydrogen-bond donors (Lipinski definition) is 0. The first-order valence-corrected chi connectivity index (χ1v) is 18.4. The second kappa shape index (κ2) is 11.9. The van der Waals surface area contributed by atoms with Gasteiger partial charge in [0.05, 0.1) is 24.3 Å². The Hall–Kier alpha value is -2.90. The van der Waals surface area contributed by atoms with Gasteiger partial charge in [0.2, 0.25) is 5.76 Å². The van der Waals surface area contributed by atoms with Gasteiger partial charge in [0.25, 0.3) is 0 Å². The number of esters is 2. The van der Waals surface area contributed by atoms with E-state index in [0.717, 1.165) is 63.5 Å². The van der Waals surface area contributed by atoms with Crippen molar-refractivity contribution >= 4 is 23.4 Å². The number of ketones is 1. The zero-order chi connectivity index (χ0) is 34.9. The summed E-state index contributed by atoms with van der Waals surface area (Å²) in [6, 6.07) is 3.31. The summed E-state index contributed by atoms with van der Waals surface area (Å²) in [6.45, 7) is 20.7. The molecule has 0 aromatic carbocycles. The molecule has 0 radical (unpaired) electrons. The van der Waals surface area contributed by atoms with E-state index in [1.165, 1.54) is 5.57 Å². The van der Waals surface area contributed by atoms with Crippen LogP contribution in [-0.4, -0.2) is 36.6 Å². The van der Waals surface area contributed by atoms with Crippen LogP contribution in [0.15, 0.2) is 33.4 Å². The van der Waals surface area contributed by atoms with Crippen molar-refractivity contribution < 1.29 is 33.1 Å². The number of carbonyl (C=O) groups excluding carboxylic acids is 3. The predicted octanol–water partition coefficient (Wildman–Crippen LogP) is 8.87. The molecule has 1 heterocycles. The summed E-state index contributed by atoms with van der Waals surface area (Å²) < 4.78 is 16.2. The van der Waals surface area contributed by atoms with Crippen LogP contribution >= 0.6 is 0 Å². The molecule has 48 heavy (non-hydrogen) atoms. The SMILES string of the molecule is CCOC(=O)c1ccc(CO/N=C2\CC[C@]3(C)[C@H]4C(=O)C=C5[C@@H]6C[C@@](C)(C(=O)OCC)CC[C@]6(C)CC[C@@]5(C)[C@]4(C)CC[C@H]3C2(C)C)o1. The van der Waals surface area contributed by atoms with Crippen molar-refractivity contribution in [2.45, 2.75) is 127 Å². The maximum atomic E-state index is 14.7. The fourth-order valence-corrected chi connectivity index (χ4v) is 11.6. The smallest absolute Gasteiger partial charge is 0.374 e. The predicted molar refractivity (Wildman–Crippen MR) is 183 cm³/mol. The van der Waals surface area contributed by atoms with Gasteiger partial charge in [-0.1, -0.05) is 52.3 Å². The number of nitrogens with zero attached hydrogens (tertiary/aromatic N) is 1. The number of allylic oxidation sites excluding steroid dienone is 2. The van der Waals surface area contributed by atoms with Crippen LogP contribution in [0, 0.1) is 50.2 Å². The second-order valence-electron chi connectivity index (χ2n) is 17.5. The van der Waals surface area contributed by atoms with E-state index in [1.807, 2.05) is 6.92 Å². The van der Waals surface area contributed by atoms with Gasteiger partial charge < -0.3 is 18.7 Å². The summed E-state index contributed by atoms with van der Waals surface area (Å²) in [6.07, 6.45) is 10.5. The molecular formula is C40H57NO7. The third-order valence-electron chi connectivity index (χ3n) is 14.6. The molecule has 4 saturated carbocycles. The Morgan fingerprint density at radius 3 is 2.33 bits per heavy atom. The second-order valence-corrected chi connectivity index (χ2v) is 17.5. The molecule has 8 atom stereocenters. The van der Waals surface area contributed by atoms with Gasteiger partial charge in [-0.2, -0.15) is 0 Å². The summed E-state index contributed by atoms with van der Waals surface area (Å²) in [5.41, 5.74) is 1.19. The molecule has 0 amide bonds. The van der Waals surface area contributed by atoms with E-state index in [4.69, 9.17) is 18.7 Å². The lowest BCUT2D eigenvalue weighted by Gasteiger charge is -2.70. The summed E-state index contributed by atoms with van der Waals surface area (Å²) in [4.78, 5) is 45.8. The van der Waals surface area contributed by atoms with Gasteiger partial charge in [-0.05, 0) is 130 Å². The van der Waals surface area contributed by atoms with E-state index in [9.17, 15) is 14.4 Å². The van der Waals surface area contributed by atoms with Gasteiger partial charge in [-0.25, -0.2) is 4.79 Å². The van der Waals surface area contributed by atoms with Crippen LogP contribution in [0.2, 0.25) is 0 Å². The molecule has 1 aromatic heterocycles. The van der Waals surface area contributed by atoms with Crippen LogP contribution in [0.3, 0.4) is 0 Å². The van der Waals surface area contributed by atoms with Crippen molar-refractivity contribution in [2.24, 2.45) is 55.4 Å². The highest BCUT2D eigenvalue weighted by atomic mass is 16.6. The van der Waals surface area contributed by atoms with Gasteiger partial charge >= 0.3 is 11.9 Å². The Morgan fingerprint density at radius 1 is 0.917 bits per heavy atom. The van der Waals surface area contributed by atoms with Gasteiger partial charge in [-0.3, -0.25) is 9.59 Å². The van der Waals surface area contributed by atoms with E-state index in [2.05, 4.69) is 59.7 Å². The van der Waals surface area contributed by atoms with Gasteiger partial charge in [0.15, 0.2) is 12.4 Å². The highest BCUT2D eigenvalue weighted by Gasteiger charge is 2.70. The van der Waals surface area contributed by atoms with Gasteiger partial charge in [0, 0.05) is 11.3 Å². The summed E-state index contributed by atoms with van der Waals surface area (Å²) in [5, 5.41) is 4.66. The molecule has 0 saturated heterocycles. The zero-order valence-electron chi connectivity index (χ0n) is 30.8. The number of fused-ring (bicyclic) bond motifs is 7. The van der Waals surface area contributed by atoms with Crippen LogP contribution in [0.25, 0.3) is 0 Å². The Bertz CT molecular complexity index is 1540. The lowest BCUT2D eigenvalue weighted by atomic mass is 9.33. The number of rotatable bonds is 7.